The molecule has 0 amide bonds. The maximum Gasteiger partial charge on any atom is 0.158 e. The van der Waals surface area contributed by atoms with Crippen LogP contribution in [0.2, 0.25) is 0 Å². The molecule has 0 spiro atoms. The van der Waals surface area contributed by atoms with Crippen molar-refractivity contribution in [2.75, 3.05) is 13.7 Å². The average Bonchev–Trinajstić information content (AvgIpc) is 2.91. The van der Waals surface area contributed by atoms with Crippen LogP contribution >= 0.6 is 0 Å². The molecule has 5 heteroatoms. The number of fused-ring (bicyclic) bond motifs is 1. The van der Waals surface area contributed by atoms with Gasteiger partial charge in [-0.15, -0.1) is 0 Å². The Morgan fingerprint density at radius 2 is 1.96 bits per heavy atom. The maximum atomic E-state index is 12.0. The van der Waals surface area contributed by atoms with Gasteiger partial charge in [-0.05, 0) is 53.9 Å². The summed E-state index contributed by atoms with van der Waals surface area (Å²) >= 11 is 0. The minimum Gasteiger partial charge on any atom is -0.412 e. The molecule has 0 saturated heterocycles. The third-order valence-corrected chi connectivity index (χ3v) is 6.73. The van der Waals surface area contributed by atoms with Crippen LogP contribution in [-0.4, -0.2) is 35.2 Å². The largest absolute Gasteiger partial charge is 0.412 e. The molecule has 0 aliphatic heterocycles. The van der Waals surface area contributed by atoms with Gasteiger partial charge in [-0.1, -0.05) is 32.8 Å². The zero-order chi connectivity index (χ0) is 18.2. The number of Topliss-reactive ketones (excluding diaryl/α,β-unsaturated/α-hetero) is 1. The first-order valence-electron chi connectivity index (χ1n) is 9.07. The molecule has 0 heterocycles. The van der Waals surface area contributed by atoms with Crippen molar-refractivity contribution in [2.24, 2.45) is 40.9 Å². The van der Waals surface area contributed by atoms with E-state index in [1.165, 1.54) is 6.42 Å². The topological polar surface area (TPSA) is 89.0 Å². The molecule has 5 unspecified atom stereocenters. The van der Waals surface area contributed by atoms with Crippen LogP contribution in [0.3, 0.4) is 0 Å². The van der Waals surface area contributed by atoms with Crippen molar-refractivity contribution in [3.8, 4) is 0 Å². The Morgan fingerprint density at radius 3 is 2.42 bits per heavy atom. The van der Waals surface area contributed by atoms with Crippen molar-refractivity contribution in [1.29, 1.82) is 0 Å². The van der Waals surface area contributed by atoms with Crippen molar-refractivity contribution in [3.05, 3.63) is 30.2 Å². The van der Waals surface area contributed by atoms with E-state index < -0.39 is 0 Å². The number of aliphatic hydroxyl groups excluding tert-OH is 2. The van der Waals surface area contributed by atoms with Gasteiger partial charge in [0.2, 0.25) is 0 Å². The molecule has 3 rings (SSSR count). The van der Waals surface area contributed by atoms with Gasteiger partial charge in [0, 0.05) is 38.7 Å². The predicted octanol–water partition coefficient (Wildman–Crippen LogP) is 2.60. The van der Waals surface area contributed by atoms with E-state index in [0.717, 1.165) is 24.2 Å². The van der Waals surface area contributed by atoms with Gasteiger partial charge in [-0.3, -0.25) is 4.79 Å². The molecule has 3 aliphatic rings. The summed E-state index contributed by atoms with van der Waals surface area (Å²) in [7, 11) is 1.00. The van der Waals surface area contributed by atoms with Crippen LogP contribution in [0, 0.1) is 47.8 Å². The smallest absolute Gasteiger partial charge is 0.158 e. The molecule has 4 N–H and O–H groups in total. The van der Waals surface area contributed by atoms with Gasteiger partial charge in [0.05, 0.1) is 0 Å². The Hall–Kier alpha value is -0.516. The molecule has 26 heavy (non-hydrogen) atoms. The van der Waals surface area contributed by atoms with Gasteiger partial charge in [0.15, 0.2) is 5.78 Å². The molecule has 0 aromatic heterocycles. The SMILES string of the molecule is CO.O.[CH2-]/C(=C\C1C(C2C=C(C)C(=O)C2)[C@H](C)CC2C1C2(C)C)CO.[V]. The van der Waals surface area contributed by atoms with E-state index in [0.29, 0.717) is 47.2 Å². The van der Waals surface area contributed by atoms with E-state index in [-0.39, 0.29) is 30.6 Å². The van der Waals surface area contributed by atoms with Crippen molar-refractivity contribution in [3.63, 3.8) is 0 Å². The summed E-state index contributed by atoms with van der Waals surface area (Å²) in [5.74, 6) is 3.73. The number of hydrogen-bond donors (Lipinski definition) is 2. The summed E-state index contributed by atoms with van der Waals surface area (Å²) in [5, 5.41) is 16.4. The predicted molar refractivity (Wildman–Crippen MR) is 101 cm³/mol. The summed E-state index contributed by atoms with van der Waals surface area (Å²) in [4.78, 5) is 12.0. The Bertz CT molecular complexity index is 552. The monoisotopic (exact) mass is 402 g/mol. The van der Waals surface area contributed by atoms with Crippen molar-refractivity contribution >= 4 is 5.78 Å². The van der Waals surface area contributed by atoms with Crippen molar-refractivity contribution in [2.45, 2.75) is 40.5 Å². The molecule has 2 saturated carbocycles. The second-order valence-electron chi connectivity index (χ2n) is 8.45. The van der Waals surface area contributed by atoms with Crippen molar-refractivity contribution in [1.82, 2.24) is 0 Å². The van der Waals surface area contributed by atoms with E-state index >= 15 is 0 Å². The van der Waals surface area contributed by atoms with Crippen LogP contribution in [0.5, 0.6) is 0 Å². The first-order valence-corrected chi connectivity index (χ1v) is 9.07. The second kappa shape index (κ2) is 9.61. The number of hydrogen-bond acceptors (Lipinski definition) is 3. The molecule has 149 valence electrons. The van der Waals surface area contributed by atoms with E-state index in [1.54, 1.807) is 0 Å². The fraction of sp³-hybridized carbons (Fsp3) is 0.714. The number of aliphatic hydroxyl groups is 2. The van der Waals surface area contributed by atoms with Crippen LogP contribution in [0.1, 0.15) is 40.5 Å². The Labute approximate surface area is 170 Å². The Kier molecular flexibility index (Phi) is 9.42. The molecule has 0 bridgehead atoms. The zero-order valence-electron chi connectivity index (χ0n) is 16.7. The fourth-order valence-electron chi connectivity index (χ4n) is 5.52. The van der Waals surface area contributed by atoms with Gasteiger partial charge in [0.1, 0.15) is 0 Å². The number of carbonyl (C=O) groups is 1. The molecule has 3 aliphatic carbocycles. The summed E-state index contributed by atoms with van der Waals surface area (Å²) in [6.07, 6.45) is 6.38. The van der Waals surface area contributed by atoms with Gasteiger partial charge in [-0.25, -0.2) is 13.0 Å². The summed E-state index contributed by atoms with van der Waals surface area (Å²) in [6, 6.07) is 0. The minimum absolute atomic E-state index is 0. The molecule has 4 nitrogen and oxygen atoms in total. The van der Waals surface area contributed by atoms with Crippen LogP contribution in [0.4, 0.5) is 0 Å². The first-order chi connectivity index (χ1) is 11.3. The minimum atomic E-state index is 0. The van der Waals surface area contributed by atoms with E-state index in [9.17, 15) is 9.90 Å². The van der Waals surface area contributed by atoms with E-state index in [2.05, 4.69) is 39.8 Å². The Balaban J connectivity index is 0.00000151. The standard InChI is InChI=1S/C20H29O2.CH4O.H2O.V/c1-11(10-21)6-15-18(14-7-12(2)17(22)9-14)13(3)8-16-19(15)20(16,4)5;1-2;;/h6-7,13-16,18-19,21H,1,8-10H2,2-5H3;2H,1H3;1H2;/q-1;;;/b11-6+;;;/t13-,14?,15?,16?,18?,19?;;;/m1.../s1. The number of allylic oxidation sites excluding steroid dienone is 3. The molecule has 2 fully saturated rings. The number of rotatable bonds is 3. The first kappa shape index (κ1) is 25.5. The van der Waals surface area contributed by atoms with Crippen LogP contribution < -0.4 is 0 Å². The van der Waals surface area contributed by atoms with Gasteiger partial charge in [-0.2, -0.15) is 5.57 Å². The van der Waals surface area contributed by atoms with Crippen LogP contribution in [0.15, 0.2) is 23.3 Å². The number of carbonyl (C=O) groups excluding carboxylic acids is 1. The van der Waals surface area contributed by atoms with Crippen LogP contribution in [0.25, 0.3) is 0 Å². The second-order valence-corrected chi connectivity index (χ2v) is 8.45. The third-order valence-electron chi connectivity index (χ3n) is 6.73. The molecule has 0 aromatic carbocycles. The van der Waals surface area contributed by atoms with Crippen LogP contribution in [-0.2, 0) is 23.4 Å². The number of ketones is 1. The molecule has 6 atom stereocenters. The molecule has 0 aromatic rings. The van der Waals surface area contributed by atoms with Gasteiger partial charge in [0.25, 0.3) is 0 Å². The summed E-state index contributed by atoms with van der Waals surface area (Å²) < 4.78 is 0. The van der Waals surface area contributed by atoms with E-state index in [1.807, 2.05) is 6.92 Å². The van der Waals surface area contributed by atoms with Crippen molar-refractivity contribution < 1.29 is 39.0 Å². The summed E-state index contributed by atoms with van der Waals surface area (Å²) in [5.41, 5.74) is 2.16. The molecular formula is C21H35O4V-. The quantitative estimate of drug-likeness (QED) is 0.711. The third kappa shape index (κ3) is 4.48. The fourth-order valence-corrected chi connectivity index (χ4v) is 5.52. The van der Waals surface area contributed by atoms with E-state index in [4.69, 9.17) is 5.11 Å². The Morgan fingerprint density at radius 1 is 1.38 bits per heavy atom. The van der Waals surface area contributed by atoms with Gasteiger partial charge < -0.3 is 15.7 Å². The molecule has 1 radical (unpaired) electrons. The summed E-state index contributed by atoms with van der Waals surface area (Å²) in [6.45, 7) is 13.1. The zero-order valence-corrected chi connectivity index (χ0v) is 18.1. The molecular weight excluding hydrogens is 367 g/mol. The average molecular weight is 402 g/mol. The maximum absolute atomic E-state index is 12.0. The van der Waals surface area contributed by atoms with Gasteiger partial charge >= 0.3 is 0 Å². The normalized spacial score (nSPS) is 37.3.